The topological polar surface area (TPSA) is 150 Å². The van der Waals surface area contributed by atoms with Gasteiger partial charge in [0.1, 0.15) is 42.4 Å². The molecule has 2 aliphatic heterocycles. The number of ether oxygens (including phenoxy) is 3. The van der Waals surface area contributed by atoms with Gasteiger partial charge in [-0.3, -0.25) is 9.98 Å². The van der Waals surface area contributed by atoms with Crippen molar-refractivity contribution in [1.29, 1.82) is 5.26 Å². The van der Waals surface area contributed by atoms with Crippen molar-refractivity contribution in [1.82, 2.24) is 15.2 Å². The Balaban J connectivity index is 1.19. The lowest BCUT2D eigenvalue weighted by Gasteiger charge is -2.29. The van der Waals surface area contributed by atoms with Crippen LogP contribution >= 0.6 is 11.6 Å². The normalized spacial score (nSPS) is 16.3. The van der Waals surface area contributed by atoms with E-state index in [-0.39, 0.29) is 19.3 Å². The number of likely N-dealkylation sites (tertiary alicyclic amines) is 1. The Bertz CT molecular complexity index is 2010. The number of aliphatic carboxylic acids is 1. The van der Waals surface area contributed by atoms with E-state index in [1.165, 1.54) is 6.20 Å². The monoisotopic (exact) mass is 737 g/mol. The lowest BCUT2D eigenvalue weighted by molar-refractivity contribution is -0.138. The smallest absolute Gasteiger partial charge is 0.328 e. The molecular weight excluding hydrogens is 694 g/mol. The minimum atomic E-state index is -1.00. The van der Waals surface area contributed by atoms with Gasteiger partial charge in [0.05, 0.1) is 28.9 Å². The van der Waals surface area contributed by atoms with E-state index >= 15 is 0 Å². The number of nitrogens with zero attached hydrogens (tertiary/aromatic N) is 4. The van der Waals surface area contributed by atoms with Crippen LogP contribution in [0.2, 0.25) is 5.02 Å². The molecule has 0 bridgehead atoms. The Kier molecular flexibility index (Phi) is 12.5. The van der Waals surface area contributed by atoms with Crippen LogP contribution in [0.3, 0.4) is 0 Å². The molecule has 3 heterocycles. The van der Waals surface area contributed by atoms with Gasteiger partial charge in [0.15, 0.2) is 6.04 Å². The Hall–Kier alpha value is -5.15. The van der Waals surface area contributed by atoms with Gasteiger partial charge in [0, 0.05) is 50.2 Å². The highest BCUT2D eigenvalue weighted by Crippen LogP contribution is 2.37. The number of aromatic nitrogens is 1. The number of rotatable bonds is 14. The average molecular weight is 738 g/mol. The highest BCUT2D eigenvalue weighted by molar-refractivity contribution is 6.32. The van der Waals surface area contributed by atoms with Crippen LogP contribution in [0.1, 0.15) is 59.1 Å². The van der Waals surface area contributed by atoms with E-state index in [9.17, 15) is 20.3 Å². The molecule has 0 saturated carbocycles. The van der Waals surface area contributed by atoms with E-state index in [4.69, 9.17) is 25.8 Å². The Morgan fingerprint density at radius 3 is 2.47 bits per heavy atom. The molecule has 1 atom stereocenters. The maximum atomic E-state index is 11.8. The number of piperidine rings is 1. The number of aliphatic imine (C=N–C) groups is 1. The van der Waals surface area contributed by atoms with E-state index in [0.29, 0.717) is 58.6 Å². The van der Waals surface area contributed by atoms with Gasteiger partial charge in [-0.05, 0) is 85.5 Å². The van der Waals surface area contributed by atoms with Gasteiger partial charge in [-0.1, -0.05) is 41.9 Å². The zero-order valence-electron chi connectivity index (χ0n) is 30.0. The number of benzene rings is 3. The summed E-state index contributed by atoms with van der Waals surface area (Å²) >= 11 is 6.80. The molecule has 53 heavy (non-hydrogen) atoms. The maximum absolute atomic E-state index is 11.8. The van der Waals surface area contributed by atoms with E-state index in [1.807, 2.05) is 24.3 Å². The molecule has 3 aromatic carbocycles. The van der Waals surface area contributed by atoms with Crippen molar-refractivity contribution in [2.75, 3.05) is 32.8 Å². The number of carboxylic acid groups (broad SMARTS) is 1. The number of hydrogen-bond donors (Lipinski definition) is 3. The maximum Gasteiger partial charge on any atom is 0.328 e. The molecule has 12 heteroatoms. The second kappa shape index (κ2) is 17.6. The van der Waals surface area contributed by atoms with Gasteiger partial charge in [-0.25, -0.2) is 4.79 Å². The molecule has 0 spiro atoms. The Morgan fingerprint density at radius 2 is 1.70 bits per heavy atom. The summed E-state index contributed by atoms with van der Waals surface area (Å²) in [6.07, 6.45) is 5.88. The summed E-state index contributed by atoms with van der Waals surface area (Å²) < 4.78 is 18.8. The van der Waals surface area contributed by atoms with Crippen LogP contribution < -0.4 is 19.5 Å². The van der Waals surface area contributed by atoms with E-state index < -0.39 is 12.0 Å². The SMILES string of the molecule is Cc1c(COc2cc(OCc3cncc(C#N)c3)c(C3=NC(C(=O)O)CCN3)cc2Cl)cccc1-c1cccc(OCCCN2CCC(O)CC2)c1C. The molecule has 11 nitrogen and oxygen atoms in total. The van der Waals surface area contributed by atoms with Crippen molar-refractivity contribution < 1.29 is 29.2 Å². The molecule has 4 aromatic rings. The number of nitriles is 1. The van der Waals surface area contributed by atoms with Crippen molar-refractivity contribution in [3.63, 3.8) is 0 Å². The third kappa shape index (κ3) is 9.45. The molecule has 1 aromatic heterocycles. The van der Waals surface area contributed by atoms with Crippen molar-refractivity contribution in [2.24, 2.45) is 4.99 Å². The number of carbonyl (C=O) groups is 1. The molecule has 0 amide bonds. The molecular formula is C41H44ClN5O6. The first-order valence-electron chi connectivity index (χ1n) is 17.9. The number of nitrogens with one attached hydrogen (secondary N) is 1. The van der Waals surface area contributed by atoms with Gasteiger partial charge in [-0.15, -0.1) is 0 Å². The molecule has 1 fully saturated rings. The molecule has 6 rings (SSSR count). The number of aliphatic hydroxyl groups is 1. The van der Waals surface area contributed by atoms with E-state index in [1.54, 1.807) is 24.4 Å². The Morgan fingerprint density at radius 1 is 0.943 bits per heavy atom. The second-order valence-corrected chi connectivity index (χ2v) is 13.8. The zero-order chi connectivity index (χ0) is 37.3. The fourth-order valence-corrected chi connectivity index (χ4v) is 6.86. The fourth-order valence-electron chi connectivity index (χ4n) is 6.64. The predicted molar refractivity (Wildman–Crippen MR) is 203 cm³/mol. The zero-order valence-corrected chi connectivity index (χ0v) is 30.7. The number of amidine groups is 1. The van der Waals surface area contributed by atoms with Crippen molar-refractivity contribution in [3.05, 3.63) is 105 Å². The fraction of sp³-hybridized carbons (Fsp3) is 0.366. The van der Waals surface area contributed by atoms with Crippen LogP contribution in [0, 0.1) is 25.2 Å². The number of aliphatic hydroxyl groups excluding tert-OH is 1. The standard InChI is InChI=1S/C41H44ClN5O6/c1-26-30(6-3-7-32(26)33-8-4-9-37(27(33)2)51-17-5-14-47-15-11-31(48)12-16-47)25-53-39-20-38(52-24-29-18-28(21-43)22-44-23-29)34(19-35(39)42)40-45-13-10-36(46-40)41(49)50/h3-4,6-9,18-20,22-23,31,36,48H,5,10-17,24-25H2,1-2H3,(H,45,46)(H,49,50). The summed E-state index contributed by atoms with van der Waals surface area (Å²) in [6.45, 7) is 8.35. The highest BCUT2D eigenvalue weighted by Gasteiger charge is 2.25. The summed E-state index contributed by atoms with van der Waals surface area (Å²) in [6, 6.07) is 18.5. The van der Waals surface area contributed by atoms with E-state index in [0.717, 1.165) is 72.5 Å². The molecule has 0 aliphatic carbocycles. The van der Waals surface area contributed by atoms with Gasteiger partial charge in [0.25, 0.3) is 0 Å². The summed E-state index contributed by atoms with van der Waals surface area (Å²) in [5.74, 6) is 0.993. The minimum absolute atomic E-state index is 0.0962. The highest BCUT2D eigenvalue weighted by atomic mass is 35.5. The largest absolute Gasteiger partial charge is 0.493 e. The third-order valence-electron chi connectivity index (χ3n) is 9.72. The second-order valence-electron chi connectivity index (χ2n) is 13.4. The molecule has 1 unspecified atom stereocenters. The summed E-state index contributed by atoms with van der Waals surface area (Å²) in [4.78, 5) is 22.7. The number of carboxylic acids is 1. The first-order valence-corrected chi connectivity index (χ1v) is 18.3. The lowest BCUT2D eigenvalue weighted by atomic mass is 9.93. The van der Waals surface area contributed by atoms with Gasteiger partial charge >= 0.3 is 5.97 Å². The third-order valence-corrected chi connectivity index (χ3v) is 10.0. The van der Waals surface area contributed by atoms with Gasteiger partial charge in [0.2, 0.25) is 0 Å². The van der Waals surface area contributed by atoms with Crippen molar-refractivity contribution in [2.45, 2.75) is 64.9 Å². The van der Waals surface area contributed by atoms with Crippen molar-refractivity contribution >= 4 is 23.4 Å². The van der Waals surface area contributed by atoms with Gasteiger partial charge < -0.3 is 34.6 Å². The van der Waals surface area contributed by atoms with E-state index in [2.05, 4.69) is 52.2 Å². The first-order chi connectivity index (χ1) is 25.7. The van der Waals surface area contributed by atoms with Crippen molar-refractivity contribution in [3.8, 4) is 34.4 Å². The van der Waals surface area contributed by atoms with Crippen LogP contribution in [0.25, 0.3) is 11.1 Å². The predicted octanol–water partition coefficient (Wildman–Crippen LogP) is 6.47. The minimum Gasteiger partial charge on any atom is -0.493 e. The quantitative estimate of drug-likeness (QED) is 0.123. The van der Waals surface area contributed by atoms with Crippen LogP contribution in [0.15, 0.2) is 72.0 Å². The summed E-state index contributed by atoms with van der Waals surface area (Å²) in [5.41, 5.74) is 6.86. The number of halogens is 1. The molecule has 276 valence electrons. The summed E-state index contributed by atoms with van der Waals surface area (Å²) in [5, 5.41) is 32.2. The molecule has 1 saturated heterocycles. The van der Waals surface area contributed by atoms with Crippen LogP contribution in [0.4, 0.5) is 0 Å². The number of hydrogen-bond acceptors (Lipinski definition) is 10. The van der Waals surface area contributed by atoms with Crippen LogP contribution in [-0.2, 0) is 18.0 Å². The molecule has 3 N–H and O–H groups in total. The first kappa shape index (κ1) is 37.6. The number of pyridine rings is 1. The molecule has 2 aliphatic rings. The average Bonchev–Trinajstić information content (AvgIpc) is 3.17. The van der Waals surface area contributed by atoms with Gasteiger partial charge in [-0.2, -0.15) is 5.26 Å². The van der Waals surface area contributed by atoms with Crippen LogP contribution in [0.5, 0.6) is 17.2 Å². The summed E-state index contributed by atoms with van der Waals surface area (Å²) in [7, 11) is 0. The Labute approximate surface area is 314 Å². The molecule has 0 radical (unpaired) electrons. The lowest BCUT2D eigenvalue weighted by Crippen LogP contribution is -2.37. The van der Waals surface area contributed by atoms with Crippen LogP contribution in [-0.4, -0.2) is 76.8 Å².